The first-order valence-electron chi connectivity index (χ1n) is 6.31. The summed E-state index contributed by atoms with van der Waals surface area (Å²) in [5, 5.41) is 20.3. The summed E-state index contributed by atoms with van der Waals surface area (Å²) in [6, 6.07) is 4.35. The third kappa shape index (κ3) is 3.22. The molecule has 0 amide bonds. The number of allylic oxidation sites excluding steroid dienone is 4. The Hall–Kier alpha value is -2.76. The van der Waals surface area contributed by atoms with Crippen LogP contribution in [-0.2, 0) is 11.2 Å². The fourth-order valence-corrected chi connectivity index (χ4v) is 2.27. The fraction of sp³-hybridized carbons (Fsp3) is 0.200. The Bertz CT molecular complexity index is 660. The van der Waals surface area contributed by atoms with E-state index in [-0.39, 0.29) is 17.0 Å². The van der Waals surface area contributed by atoms with Gasteiger partial charge in [-0.25, -0.2) is 0 Å². The maximum Gasteiger partial charge on any atom is 0.279 e. The second-order valence-electron chi connectivity index (χ2n) is 4.81. The zero-order valence-electron chi connectivity index (χ0n) is 11.1. The third-order valence-electron chi connectivity index (χ3n) is 3.36. The van der Waals surface area contributed by atoms with Gasteiger partial charge in [-0.2, -0.15) is 0 Å². The van der Waals surface area contributed by atoms with E-state index < -0.39 is 10.8 Å². The lowest BCUT2D eigenvalue weighted by Gasteiger charge is -2.16. The highest BCUT2D eigenvalue weighted by Crippen LogP contribution is 2.26. The van der Waals surface area contributed by atoms with Crippen LogP contribution in [0.3, 0.4) is 0 Å². The van der Waals surface area contributed by atoms with Crippen molar-refractivity contribution < 1.29 is 19.6 Å². The Labute approximate surface area is 120 Å². The molecule has 0 saturated carbocycles. The third-order valence-corrected chi connectivity index (χ3v) is 3.36. The summed E-state index contributed by atoms with van der Waals surface area (Å²) in [7, 11) is 0. The average molecular weight is 287 g/mol. The molecule has 1 aliphatic carbocycles. The van der Waals surface area contributed by atoms with Gasteiger partial charge in [-0.15, -0.1) is 0 Å². The smallest absolute Gasteiger partial charge is 0.279 e. The van der Waals surface area contributed by atoms with Gasteiger partial charge in [0.1, 0.15) is 12.0 Å². The molecule has 0 aromatic heterocycles. The number of nitro groups is 1. The average Bonchev–Trinajstić information content (AvgIpc) is 2.48. The Morgan fingerprint density at radius 2 is 2.10 bits per heavy atom. The first kappa shape index (κ1) is 14.6. The van der Waals surface area contributed by atoms with Crippen LogP contribution in [0.4, 0.5) is 5.69 Å². The van der Waals surface area contributed by atoms with Crippen molar-refractivity contribution >= 4 is 18.3 Å². The van der Waals surface area contributed by atoms with Gasteiger partial charge in [0, 0.05) is 6.07 Å². The maximum absolute atomic E-state index is 10.9. The molecule has 0 bridgehead atoms. The lowest BCUT2D eigenvalue weighted by atomic mass is 9.89. The second-order valence-corrected chi connectivity index (χ2v) is 4.81. The molecule has 6 heteroatoms. The standard InChI is InChI=1S/C15H13NO5/c17-8-12-6-10(1-3-14(12)16(20)21)5-11-2-4-15(19)13(7-11)9-18/h1-4,6,8-9,13,19H,5,7H2. The molecule has 0 radical (unpaired) electrons. The number of aliphatic hydroxyl groups is 1. The van der Waals surface area contributed by atoms with Gasteiger partial charge < -0.3 is 9.90 Å². The van der Waals surface area contributed by atoms with Crippen LogP contribution in [0.15, 0.2) is 41.7 Å². The van der Waals surface area contributed by atoms with E-state index >= 15 is 0 Å². The quantitative estimate of drug-likeness (QED) is 0.510. The molecule has 1 aromatic carbocycles. The van der Waals surface area contributed by atoms with E-state index in [0.717, 1.165) is 11.1 Å². The predicted octanol–water partition coefficient (Wildman–Crippen LogP) is 2.54. The molecule has 1 atom stereocenters. The highest BCUT2D eigenvalue weighted by atomic mass is 16.6. The van der Waals surface area contributed by atoms with Gasteiger partial charge in [0.05, 0.1) is 16.4 Å². The fourth-order valence-electron chi connectivity index (χ4n) is 2.27. The van der Waals surface area contributed by atoms with E-state index in [1.165, 1.54) is 18.2 Å². The predicted molar refractivity (Wildman–Crippen MR) is 75.2 cm³/mol. The second kappa shape index (κ2) is 6.13. The number of benzene rings is 1. The molecule has 1 N–H and O–H groups in total. The number of carbonyl (C=O) groups is 2. The number of rotatable bonds is 5. The lowest BCUT2D eigenvalue weighted by Crippen LogP contribution is -2.11. The number of nitro benzene ring substituents is 1. The first-order valence-corrected chi connectivity index (χ1v) is 6.31. The van der Waals surface area contributed by atoms with Gasteiger partial charge in [-0.05, 0) is 30.5 Å². The Morgan fingerprint density at radius 1 is 1.33 bits per heavy atom. The molecule has 0 heterocycles. The van der Waals surface area contributed by atoms with Crippen molar-refractivity contribution in [3.05, 3.63) is 62.9 Å². The van der Waals surface area contributed by atoms with Crippen molar-refractivity contribution in [3.63, 3.8) is 0 Å². The van der Waals surface area contributed by atoms with E-state index in [9.17, 15) is 24.8 Å². The summed E-state index contributed by atoms with van der Waals surface area (Å²) in [4.78, 5) is 31.9. The number of aldehydes is 2. The minimum absolute atomic E-state index is 0.0271. The number of hydrogen-bond acceptors (Lipinski definition) is 5. The summed E-state index contributed by atoms with van der Waals surface area (Å²) in [5.41, 5.74) is 1.46. The zero-order chi connectivity index (χ0) is 15.4. The SMILES string of the molecule is O=Cc1cc(CC2=CC=C(O)C(C=O)C2)ccc1[N+](=O)[O-]. The minimum atomic E-state index is -0.601. The first-order chi connectivity index (χ1) is 10.0. The minimum Gasteiger partial charge on any atom is -0.512 e. The number of hydrogen-bond donors (Lipinski definition) is 1. The summed E-state index contributed by atoms with van der Waals surface area (Å²) >= 11 is 0. The molecule has 0 aliphatic heterocycles. The van der Waals surface area contributed by atoms with Crippen molar-refractivity contribution in [2.75, 3.05) is 0 Å². The Balaban J connectivity index is 2.23. The van der Waals surface area contributed by atoms with Crippen molar-refractivity contribution in [1.82, 2.24) is 0 Å². The van der Waals surface area contributed by atoms with E-state index in [0.29, 0.717) is 25.4 Å². The zero-order valence-corrected chi connectivity index (χ0v) is 11.1. The number of carbonyl (C=O) groups excluding carboxylic acids is 2. The van der Waals surface area contributed by atoms with Gasteiger partial charge >= 0.3 is 0 Å². The van der Waals surface area contributed by atoms with Crippen LogP contribution in [0.1, 0.15) is 22.3 Å². The van der Waals surface area contributed by atoms with Crippen molar-refractivity contribution in [2.24, 2.45) is 5.92 Å². The largest absolute Gasteiger partial charge is 0.512 e. The molecule has 2 rings (SSSR count). The number of nitrogens with zero attached hydrogens (tertiary/aromatic N) is 1. The summed E-state index contributed by atoms with van der Waals surface area (Å²) in [6.07, 6.45) is 5.20. The summed E-state index contributed by atoms with van der Waals surface area (Å²) < 4.78 is 0. The van der Waals surface area contributed by atoms with E-state index in [1.807, 2.05) is 0 Å². The molecule has 0 spiro atoms. The van der Waals surface area contributed by atoms with Crippen LogP contribution < -0.4 is 0 Å². The van der Waals surface area contributed by atoms with Crippen LogP contribution in [0, 0.1) is 16.0 Å². The molecule has 1 aliphatic rings. The van der Waals surface area contributed by atoms with Crippen molar-refractivity contribution in [1.29, 1.82) is 0 Å². The van der Waals surface area contributed by atoms with Crippen LogP contribution in [0.5, 0.6) is 0 Å². The van der Waals surface area contributed by atoms with Gasteiger partial charge in [0.2, 0.25) is 0 Å². The highest BCUT2D eigenvalue weighted by molar-refractivity contribution is 5.81. The Kier molecular flexibility index (Phi) is 4.27. The van der Waals surface area contributed by atoms with Crippen LogP contribution in [-0.4, -0.2) is 22.6 Å². The molecule has 1 unspecified atom stereocenters. The van der Waals surface area contributed by atoms with Gasteiger partial charge in [-0.3, -0.25) is 14.9 Å². The molecular weight excluding hydrogens is 274 g/mol. The molecular formula is C15H13NO5. The van der Waals surface area contributed by atoms with Gasteiger partial charge in [0.25, 0.3) is 5.69 Å². The lowest BCUT2D eigenvalue weighted by molar-refractivity contribution is -0.385. The summed E-state index contributed by atoms with van der Waals surface area (Å²) in [5.74, 6) is -0.514. The molecule has 1 aromatic rings. The highest BCUT2D eigenvalue weighted by Gasteiger charge is 2.19. The molecule has 108 valence electrons. The van der Waals surface area contributed by atoms with Crippen molar-refractivity contribution in [3.8, 4) is 0 Å². The van der Waals surface area contributed by atoms with Crippen LogP contribution in [0.2, 0.25) is 0 Å². The topological polar surface area (TPSA) is 97.5 Å². The monoisotopic (exact) mass is 287 g/mol. The summed E-state index contributed by atoms with van der Waals surface area (Å²) in [6.45, 7) is 0. The van der Waals surface area contributed by atoms with E-state index in [4.69, 9.17) is 0 Å². The molecule has 6 nitrogen and oxygen atoms in total. The van der Waals surface area contributed by atoms with E-state index in [2.05, 4.69) is 0 Å². The molecule has 0 saturated heterocycles. The molecule has 0 fully saturated rings. The molecule has 21 heavy (non-hydrogen) atoms. The van der Waals surface area contributed by atoms with Gasteiger partial charge in [-0.1, -0.05) is 17.7 Å². The number of aliphatic hydroxyl groups excluding tert-OH is 1. The van der Waals surface area contributed by atoms with Gasteiger partial charge in [0.15, 0.2) is 6.29 Å². The maximum atomic E-state index is 10.9. The Morgan fingerprint density at radius 3 is 2.71 bits per heavy atom. The van der Waals surface area contributed by atoms with Crippen LogP contribution >= 0.6 is 0 Å². The van der Waals surface area contributed by atoms with Crippen molar-refractivity contribution in [2.45, 2.75) is 12.8 Å². The normalized spacial score (nSPS) is 17.6. The van der Waals surface area contributed by atoms with E-state index in [1.54, 1.807) is 12.1 Å². The van der Waals surface area contributed by atoms with Crippen LogP contribution in [0.25, 0.3) is 0 Å².